The summed E-state index contributed by atoms with van der Waals surface area (Å²) in [5, 5.41) is 0. The highest BCUT2D eigenvalue weighted by Crippen LogP contribution is 2.25. The summed E-state index contributed by atoms with van der Waals surface area (Å²) in [5.74, 6) is 0. The molecule has 0 aliphatic rings. The van der Waals surface area contributed by atoms with Gasteiger partial charge in [0.05, 0.1) is 0 Å². The number of rotatable bonds is 2. The van der Waals surface area contributed by atoms with E-state index in [1.165, 1.54) is 22.3 Å². The van der Waals surface area contributed by atoms with E-state index in [4.69, 9.17) is 0 Å². The van der Waals surface area contributed by atoms with Crippen LogP contribution in [0.5, 0.6) is 0 Å². The van der Waals surface area contributed by atoms with Crippen LogP contribution in [0.1, 0.15) is 0 Å². The lowest BCUT2D eigenvalue weighted by Gasteiger charge is -2.05. The van der Waals surface area contributed by atoms with E-state index >= 15 is 0 Å². The number of benzene rings is 3. The topological polar surface area (TPSA) is 0 Å². The number of hydrogen-bond donors (Lipinski definition) is 1. The fourth-order valence-corrected chi connectivity index (χ4v) is 2.29. The Hall–Kier alpha value is -1.99. The fraction of sp³-hybridized carbons (Fsp3) is 0. The second kappa shape index (κ2) is 5.33. The molecule has 0 N–H and O–H groups in total. The van der Waals surface area contributed by atoms with Crippen LogP contribution in [0, 0.1) is 0 Å². The van der Waals surface area contributed by atoms with Gasteiger partial charge >= 0.3 is 0 Å². The zero-order valence-corrected chi connectivity index (χ0v) is 11.3. The van der Waals surface area contributed by atoms with Crippen LogP contribution in [-0.2, 0) is 0 Å². The molecule has 0 radical (unpaired) electrons. The molecule has 0 atom stereocenters. The Morgan fingerprint density at radius 3 is 1.26 bits per heavy atom. The maximum atomic E-state index is 4.31. The Labute approximate surface area is 119 Å². The van der Waals surface area contributed by atoms with Crippen molar-refractivity contribution in [3.05, 3.63) is 78.9 Å². The molecule has 0 fully saturated rings. The molecule has 0 aromatic heterocycles. The predicted molar refractivity (Wildman–Crippen MR) is 84.6 cm³/mol. The van der Waals surface area contributed by atoms with Gasteiger partial charge in [-0.05, 0) is 34.4 Å². The average Bonchev–Trinajstić information content (AvgIpc) is 2.49. The van der Waals surface area contributed by atoms with Crippen LogP contribution < -0.4 is 0 Å². The highest BCUT2D eigenvalue weighted by molar-refractivity contribution is 7.80. The summed E-state index contributed by atoms with van der Waals surface area (Å²) in [5.41, 5.74) is 4.94. The molecule has 1 heteroatoms. The summed E-state index contributed by atoms with van der Waals surface area (Å²) in [6, 6.07) is 27.3. The monoisotopic (exact) mass is 262 g/mol. The third-order valence-electron chi connectivity index (χ3n) is 3.19. The first-order chi connectivity index (χ1) is 9.33. The third kappa shape index (κ3) is 2.72. The van der Waals surface area contributed by atoms with E-state index in [-0.39, 0.29) is 0 Å². The zero-order valence-electron chi connectivity index (χ0n) is 10.5. The molecule has 92 valence electrons. The molecule has 0 heterocycles. The van der Waals surface area contributed by atoms with Gasteiger partial charge in [0.25, 0.3) is 0 Å². The van der Waals surface area contributed by atoms with Crippen molar-refractivity contribution in [2.75, 3.05) is 0 Å². The van der Waals surface area contributed by atoms with Gasteiger partial charge in [0.2, 0.25) is 0 Å². The van der Waals surface area contributed by atoms with Crippen molar-refractivity contribution in [1.82, 2.24) is 0 Å². The Morgan fingerprint density at radius 2 is 0.789 bits per heavy atom. The van der Waals surface area contributed by atoms with Crippen molar-refractivity contribution in [1.29, 1.82) is 0 Å². The lowest BCUT2D eigenvalue weighted by molar-refractivity contribution is 1.47. The highest BCUT2D eigenvalue weighted by atomic mass is 32.1. The Morgan fingerprint density at radius 1 is 0.421 bits per heavy atom. The van der Waals surface area contributed by atoms with Crippen LogP contribution in [0.15, 0.2) is 83.8 Å². The van der Waals surface area contributed by atoms with Gasteiger partial charge in [0.15, 0.2) is 0 Å². The van der Waals surface area contributed by atoms with Gasteiger partial charge in [0.1, 0.15) is 0 Å². The Balaban J connectivity index is 1.93. The number of thiol groups is 1. The van der Waals surface area contributed by atoms with Crippen LogP contribution in [0.2, 0.25) is 0 Å². The summed E-state index contributed by atoms with van der Waals surface area (Å²) in [7, 11) is 0. The summed E-state index contributed by atoms with van der Waals surface area (Å²) in [6.07, 6.45) is 0. The molecule has 0 bridgehead atoms. The largest absolute Gasteiger partial charge is 0.143 e. The first-order valence-electron chi connectivity index (χ1n) is 6.28. The van der Waals surface area contributed by atoms with Crippen LogP contribution >= 0.6 is 12.6 Å². The lowest BCUT2D eigenvalue weighted by Crippen LogP contribution is -1.80. The van der Waals surface area contributed by atoms with Crippen molar-refractivity contribution in [2.24, 2.45) is 0 Å². The first kappa shape index (κ1) is 12.1. The average molecular weight is 262 g/mol. The maximum Gasteiger partial charge on any atom is 0.00404 e. The van der Waals surface area contributed by atoms with Gasteiger partial charge in [-0.15, -0.1) is 12.6 Å². The van der Waals surface area contributed by atoms with E-state index in [1.807, 2.05) is 18.2 Å². The smallest absolute Gasteiger partial charge is 0.00404 e. The van der Waals surface area contributed by atoms with Gasteiger partial charge in [-0.3, -0.25) is 0 Å². The van der Waals surface area contributed by atoms with Crippen LogP contribution in [-0.4, -0.2) is 0 Å². The SMILES string of the molecule is Sc1ccc(-c2ccc(-c3ccccc3)cc2)cc1. The maximum absolute atomic E-state index is 4.31. The van der Waals surface area contributed by atoms with Crippen LogP contribution in [0.25, 0.3) is 22.3 Å². The first-order valence-corrected chi connectivity index (χ1v) is 6.72. The molecule has 0 aliphatic heterocycles. The summed E-state index contributed by atoms with van der Waals surface area (Å²) < 4.78 is 0. The molecular weight excluding hydrogens is 248 g/mol. The molecule has 0 unspecified atom stereocenters. The number of hydrogen-bond acceptors (Lipinski definition) is 1. The quantitative estimate of drug-likeness (QED) is 0.594. The third-order valence-corrected chi connectivity index (χ3v) is 3.49. The van der Waals surface area contributed by atoms with E-state index in [9.17, 15) is 0 Å². The Bertz CT molecular complexity index is 652. The minimum atomic E-state index is 0.990. The molecular formula is C18H14S. The lowest BCUT2D eigenvalue weighted by atomic mass is 10.0. The van der Waals surface area contributed by atoms with E-state index in [0.29, 0.717) is 0 Å². The van der Waals surface area contributed by atoms with Crippen molar-refractivity contribution < 1.29 is 0 Å². The van der Waals surface area contributed by atoms with Crippen molar-refractivity contribution >= 4 is 12.6 Å². The normalized spacial score (nSPS) is 10.4. The van der Waals surface area contributed by atoms with Crippen LogP contribution in [0.4, 0.5) is 0 Å². The molecule has 0 saturated carbocycles. The second-order valence-corrected chi connectivity index (χ2v) is 5.01. The van der Waals surface area contributed by atoms with Gasteiger partial charge in [-0.25, -0.2) is 0 Å². The summed E-state index contributed by atoms with van der Waals surface area (Å²) >= 11 is 4.31. The molecule has 0 spiro atoms. The predicted octanol–water partition coefficient (Wildman–Crippen LogP) is 5.31. The summed E-state index contributed by atoms with van der Waals surface area (Å²) in [6.45, 7) is 0. The summed E-state index contributed by atoms with van der Waals surface area (Å²) in [4.78, 5) is 0.990. The van der Waals surface area contributed by atoms with Gasteiger partial charge in [0, 0.05) is 4.90 Å². The van der Waals surface area contributed by atoms with E-state index in [1.54, 1.807) is 0 Å². The van der Waals surface area contributed by atoms with Crippen molar-refractivity contribution in [2.45, 2.75) is 4.90 Å². The minimum Gasteiger partial charge on any atom is -0.143 e. The molecule has 0 nitrogen and oxygen atoms in total. The highest BCUT2D eigenvalue weighted by Gasteiger charge is 1.99. The molecule has 3 rings (SSSR count). The Kier molecular flexibility index (Phi) is 3.39. The molecule has 19 heavy (non-hydrogen) atoms. The molecule has 0 saturated heterocycles. The van der Waals surface area contributed by atoms with E-state index < -0.39 is 0 Å². The molecule has 0 amide bonds. The zero-order chi connectivity index (χ0) is 13.1. The molecule has 0 aliphatic carbocycles. The van der Waals surface area contributed by atoms with Gasteiger partial charge in [-0.2, -0.15) is 0 Å². The van der Waals surface area contributed by atoms with Crippen molar-refractivity contribution in [3.8, 4) is 22.3 Å². The fourth-order valence-electron chi connectivity index (χ4n) is 2.14. The van der Waals surface area contributed by atoms with E-state index in [0.717, 1.165) is 4.90 Å². The van der Waals surface area contributed by atoms with Crippen LogP contribution in [0.3, 0.4) is 0 Å². The van der Waals surface area contributed by atoms with Gasteiger partial charge in [-0.1, -0.05) is 66.7 Å². The standard InChI is InChI=1S/C18H14S/c19-18-12-10-17(11-13-18)16-8-6-15(7-9-16)14-4-2-1-3-5-14/h1-13,19H. The molecule has 3 aromatic carbocycles. The van der Waals surface area contributed by atoms with Gasteiger partial charge < -0.3 is 0 Å². The second-order valence-electron chi connectivity index (χ2n) is 4.49. The molecule has 3 aromatic rings. The minimum absolute atomic E-state index is 0.990. The van der Waals surface area contributed by atoms with Crippen molar-refractivity contribution in [3.63, 3.8) is 0 Å². The van der Waals surface area contributed by atoms with E-state index in [2.05, 4.69) is 73.3 Å².